The summed E-state index contributed by atoms with van der Waals surface area (Å²) in [6.45, 7) is 5.93. The summed E-state index contributed by atoms with van der Waals surface area (Å²) in [5.41, 5.74) is 0. The second-order valence-electron chi connectivity index (χ2n) is 6.74. The highest BCUT2D eigenvalue weighted by molar-refractivity contribution is 5.69. The molecule has 2 fully saturated rings. The van der Waals surface area contributed by atoms with E-state index in [1.54, 1.807) is 0 Å². The molecule has 3 heteroatoms. The molecule has 110 valence electrons. The first-order chi connectivity index (χ1) is 9.10. The predicted molar refractivity (Wildman–Crippen MR) is 76.9 cm³/mol. The van der Waals surface area contributed by atoms with Gasteiger partial charge < -0.3 is 4.74 Å². The molecule has 0 aromatic rings. The van der Waals surface area contributed by atoms with E-state index in [4.69, 9.17) is 4.74 Å². The molecular formula is C16H29NO2. The molecule has 3 unspecified atom stereocenters. The Balaban J connectivity index is 1.99. The van der Waals surface area contributed by atoms with Crippen molar-refractivity contribution >= 4 is 5.97 Å². The minimum Gasteiger partial charge on any atom is -0.469 e. The van der Waals surface area contributed by atoms with E-state index in [0.29, 0.717) is 18.5 Å². The van der Waals surface area contributed by atoms with E-state index in [1.807, 2.05) is 0 Å². The van der Waals surface area contributed by atoms with Gasteiger partial charge in [0, 0.05) is 12.1 Å². The van der Waals surface area contributed by atoms with Crippen LogP contribution in [0.2, 0.25) is 0 Å². The summed E-state index contributed by atoms with van der Waals surface area (Å²) in [7, 11) is 1.50. The quantitative estimate of drug-likeness (QED) is 0.735. The molecule has 0 amide bonds. The largest absolute Gasteiger partial charge is 0.469 e. The van der Waals surface area contributed by atoms with Gasteiger partial charge in [-0.1, -0.05) is 20.3 Å². The molecule has 2 rings (SSSR count). The third kappa shape index (κ3) is 3.95. The molecule has 1 saturated carbocycles. The van der Waals surface area contributed by atoms with Gasteiger partial charge in [-0.15, -0.1) is 0 Å². The third-order valence-electron chi connectivity index (χ3n) is 4.93. The average Bonchev–Trinajstić information content (AvgIpc) is 2.38. The summed E-state index contributed by atoms with van der Waals surface area (Å²) in [5, 5.41) is 0. The number of piperidine rings is 1. The molecule has 0 bridgehead atoms. The molecule has 1 saturated heterocycles. The van der Waals surface area contributed by atoms with E-state index in [-0.39, 0.29) is 5.97 Å². The number of ether oxygens (including phenoxy) is 1. The van der Waals surface area contributed by atoms with Crippen LogP contribution in [-0.4, -0.2) is 36.6 Å². The Morgan fingerprint density at radius 3 is 2.47 bits per heavy atom. The minimum absolute atomic E-state index is 0.0474. The average molecular weight is 267 g/mol. The zero-order valence-corrected chi connectivity index (χ0v) is 12.7. The Kier molecular flexibility index (Phi) is 5.26. The molecule has 0 aromatic carbocycles. The summed E-state index contributed by atoms with van der Waals surface area (Å²) in [6.07, 6.45) is 8.27. The van der Waals surface area contributed by atoms with Crippen LogP contribution in [0.25, 0.3) is 0 Å². The second-order valence-corrected chi connectivity index (χ2v) is 6.74. The first-order valence-corrected chi connectivity index (χ1v) is 7.92. The van der Waals surface area contributed by atoms with Crippen LogP contribution in [0.1, 0.15) is 58.8 Å². The van der Waals surface area contributed by atoms with E-state index in [9.17, 15) is 4.79 Å². The van der Waals surface area contributed by atoms with Crippen molar-refractivity contribution in [1.29, 1.82) is 0 Å². The number of hydrogen-bond donors (Lipinski definition) is 0. The van der Waals surface area contributed by atoms with E-state index in [1.165, 1.54) is 45.8 Å². The second kappa shape index (κ2) is 6.74. The van der Waals surface area contributed by atoms with Crippen molar-refractivity contribution in [3.63, 3.8) is 0 Å². The van der Waals surface area contributed by atoms with Gasteiger partial charge in [0.2, 0.25) is 0 Å². The lowest BCUT2D eigenvalue weighted by molar-refractivity contribution is -0.142. The highest BCUT2D eigenvalue weighted by atomic mass is 16.5. The van der Waals surface area contributed by atoms with Crippen molar-refractivity contribution in [1.82, 2.24) is 4.90 Å². The zero-order valence-electron chi connectivity index (χ0n) is 12.7. The van der Waals surface area contributed by atoms with Crippen LogP contribution >= 0.6 is 0 Å². The van der Waals surface area contributed by atoms with Gasteiger partial charge in [0.25, 0.3) is 0 Å². The molecule has 1 aliphatic carbocycles. The minimum atomic E-state index is -0.0474. The number of hydrogen-bond acceptors (Lipinski definition) is 3. The molecule has 2 aliphatic rings. The standard InChI is InChI=1S/C16H29NO2/c1-12-8-13(2)10-15(9-12)17-7-5-4-6-14(17)11-16(18)19-3/h12-15H,4-11H2,1-3H3. The van der Waals surface area contributed by atoms with Crippen molar-refractivity contribution in [2.24, 2.45) is 11.8 Å². The van der Waals surface area contributed by atoms with Gasteiger partial charge in [-0.25, -0.2) is 0 Å². The van der Waals surface area contributed by atoms with Crippen molar-refractivity contribution in [3.05, 3.63) is 0 Å². The van der Waals surface area contributed by atoms with E-state index < -0.39 is 0 Å². The van der Waals surface area contributed by atoms with Crippen molar-refractivity contribution < 1.29 is 9.53 Å². The van der Waals surface area contributed by atoms with E-state index in [0.717, 1.165) is 18.3 Å². The van der Waals surface area contributed by atoms with Gasteiger partial charge in [0.15, 0.2) is 0 Å². The Morgan fingerprint density at radius 2 is 1.84 bits per heavy atom. The molecule has 1 aliphatic heterocycles. The molecule has 0 spiro atoms. The fourth-order valence-electron chi connectivity index (χ4n) is 4.17. The molecule has 1 heterocycles. The van der Waals surface area contributed by atoms with Crippen LogP contribution in [0.3, 0.4) is 0 Å². The molecule has 0 aromatic heterocycles. The van der Waals surface area contributed by atoms with Crippen LogP contribution in [0.4, 0.5) is 0 Å². The first kappa shape index (κ1) is 14.8. The number of methoxy groups -OCH3 is 1. The number of rotatable bonds is 3. The Morgan fingerprint density at radius 1 is 1.16 bits per heavy atom. The summed E-state index contributed by atoms with van der Waals surface area (Å²) in [4.78, 5) is 14.2. The molecular weight excluding hydrogens is 238 g/mol. The van der Waals surface area contributed by atoms with Crippen molar-refractivity contribution in [2.75, 3.05) is 13.7 Å². The Labute approximate surface area is 117 Å². The SMILES string of the molecule is COC(=O)CC1CCCCN1C1CC(C)CC(C)C1. The van der Waals surface area contributed by atoms with Gasteiger partial charge >= 0.3 is 5.97 Å². The number of carbonyl (C=O) groups is 1. The highest BCUT2D eigenvalue weighted by Gasteiger charge is 2.34. The van der Waals surface area contributed by atoms with E-state index in [2.05, 4.69) is 18.7 Å². The lowest BCUT2D eigenvalue weighted by Crippen LogP contribution is -2.49. The number of likely N-dealkylation sites (tertiary alicyclic amines) is 1. The van der Waals surface area contributed by atoms with Crippen LogP contribution < -0.4 is 0 Å². The monoisotopic (exact) mass is 267 g/mol. The van der Waals surface area contributed by atoms with Gasteiger partial charge in [-0.05, 0) is 50.5 Å². The summed E-state index contributed by atoms with van der Waals surface area (Å²) in [6, 6.07) is 1.11. The zero-order chi connectivity index (χ0) is 13.8. The van der Waals surface area contributed by atoms with E-state index >= 15 is 0 Å². The number of carbonyl (C=O) groups excluding carboxylic acids is 1. The summed E-state index contributed by atoms with van der Waals surface area (Å²) in [5.74, 6) is 1.61. The molecule has 19 heavy (non-hydrogen) atoms. The summed E-state index contributed by atoms with van der Waals surface area (Å²) < 4.78 is 4.87. The fourth-order valence-corrected chi connectivity index (χ4v) is 4.17. The van der Waals surface area contributed by atoms with Gasteiger partial charge in [-0.3, -0.25) is 9.69 Å². The molecule has 3 nitrogen and oxygen atoms in total. The van der Waals surface area contributed by atoms with Gasteiger partial charge in [0.05, 0.1) is 13.5 Å². The smallest absolute Gasteiger partial charge is 0.307 e. The number of nitrogens with zero attached hydrogens (tertiary/aromatic N) is 1. The lowest BCUT2D eigenvalue weighted by atomic mass is 9.78. The van der Waals surface area contributed by atoms with Crippen molar-refractivity contribution in [2.45, 2.75) is 70.9 Å². The third-order valence-corrected chi connectivity index (χ3v) is 4.93. The fraction of sp³-hybridized carbons (Fsp3) is 0.938. The van der Waals surface area contributed by atoms with Gasteiger partial charge in [-0.2, -0.15) is 0 Å². The van der Waals surface area contributed by atoms with Crippen LogP contribution in [0, 0.1) is 11.8 Å². The topological polar surface area (TPSA) is 29.5 Å². The molecule has 3 atom stereocenters. The van der Waals surface area contributed by atoms with Crippen molar-refractivity contribution in [3.8, 4) is 0 Å². The Bertz CT molecular complexity index is 295. The Hall–Kier alpha value is -0.570. The molecule has 0 N–H and O–H groups in total. The normalized spacial score (nSPS) is 37.0. The van der Waals surface area contributed by atoms with Gasteiger partial charge in [0.1, 0.15) is 0 Å². The number of esters is 1. The first-order valence-electron chi connectivity index (χ1n) is 7.92. The van der Waals surface area contributed by atoms with Crippen LogP contribution in [0.5, 0.6) is 0 Å². The summed E-state index contributed by atoms with van der Waals surface area (Å²) >= 11 is 0. The maximum Gasteiger partial charge on any atom is 0.307 e. The highest BCUT2D eigenvalue weighted by Crippen LogP contribution is 2.35. The molecule has 0 radical (unpaired) electrons. The lowest BCUT2D eigenvalue weighted by Gasteiger charge is -2.45. The van der Waals surface area contributed by atoms with Crippen LogP contribution in [0.15, 0.2) is 0 Å². The predicted octanol–water partition coefficient (Wildman–Crippen LogP) is 3.23. The maximum atomic E-state index is 11.6. The van der Waals surface area contributed by atoms with Crippen LogP contribution in [-0.2, 0) is 9.53 Å². The maximum absolute atomic E-state index is 11.6.